The number of nitrogens with zero attached hydrogens (tertiary/aromatic N) is 2. The van der Waals surface area contributed by atoms with E-state index in [0.29, 0.717) is 45.1 Å². The fourth-order valence-electron chi connectivity index (χ4n) is 5.79. The van der Waals surface area contributed by atoms with E-state index in [1.54, 1.807) is 11.9 Å². The minimum absolute atomic E-state index is 0. The molecule has 9 nitrogen and oxygen atoms in total. The van der Waals surface area contributed by atoms with Crippen molar-refractivity contribution in [1.29, 1.82) is 0 Å². The lowest BCUT2D eigenvalue weighted by atomic mass is 9.96. The van der Waals surface area contributed by atoms with Crippen LogP contribution in [0.1, 0.15) is 75.3 Å². The Labute approximate surface area is 278 Å². The monoisotopic (exact) mass is 664 g/mol. The van der Waals surface area contributed by atoms with Gasteiger partial charge in [0, 0.05) is 40.8 Å². The SMILES string of the molecule is CN(SONC1CCCCC1)c1ccc2c(c1)/C(=N\OCCOCCOCCO)c1cc(SNC3CCCCC3)ccc1-2.S. The van der Waals surface area contributed by atoms with E-state index in [1.807, 2.05) is 11.4 Å². The number of oxime groups is 1. The molecule has 2 fully saturated rings. The predicted molar refractivity (Wildman–Crippen MR) is 186 cm³/mol. The van der Waals surface area contributed by atoms with Gasteiger partial charge in [-0.3, -0.25) is 9.03 Å². The lowest BCUT2D eigenvalue weighted by Gasteiger charge is -2.23. The maximum Gasteiger partial charge on any atom is 0.140 e. The third-order valence-corrected chi connectivity index (χ3v) is 9.70. The van der Waals surface area contributed by atoms with E-state index in [1.165, 1.54) is 81.3 Å². The van der Waals surface area contributed by atoms with Gasteiger partial charge in [-0.2, -0.15) is 19.0 Å². The van der Waals surface area contributed by atoms with Crippen LogP contribution < -0.4 is 14.5 Å². The normalized spacial score (nSPS) is 17.7. The Morgan fingerprint density at radius 3 is 2.16 bits per heavy atom. The first-order valence-corrected chi connectivity index (χ1v) is 17.2. The van der Waals surface area contributed by atoms with E-state index < -0.39 is 0 Å². The lowest BCUT2D eigenvalue weighted by Crippen LogP contribution is -2.30. The lowest BCUT2D eigenvalue weighted by molar-refractivity contribution is 0.00876. The first-order valence-electron chi connectivity index (χ1n) is 15.7. The fraction of sp³-hybridized carbons (Fsp3) is 0.594. The number of hydrogen-bond donors (Lipinski definition) is 3. The van der Waals surface area contributed by atoms with E-state index >= 15 is 0 Å². The summed E-state index contributed by atoms with van der Waals surface area (Å²) in [5.74, 6) is 0. The van der Waals surface area contributed by atoms with Crippen LogP contribution in [0.15, 0.2) is 46.4 Å². The smallest absolute Gasteiger partial charge is 0.140 e. The quantitative estimate of drug-likeness (QED) is 0.0655. The van der Waals surface area contributed by atoms with Crippen LogP contribution in [-0.4, -0.2) is 69.6 Å². The molecule has 0 unspecified atom stereocenters. The molecular weight excluding hydrogens is 617 g/mol. The maximum absolute atomic E-state index is 8.81. The van der Waals surface area contributed by atoms with Gasteiger partial charge in [0.15, 0.2) is 0 Å². The predicted octanol–water partition coefficient (Wildman–Crippen LogP) is 6.36. The minimum atomic E-state index is 0. The maximum atomic E-state index is 8.81. The third-order valence-electron chi connectivity index (χ3n) is 8.16. The summed E-state index contributed by atoms with van der Waals surface area (Å²) in [6, 6.07) is 14.1. The Hall–Kier alpha value is -1.48. The number of hydrogen-bond acceptors (Lipinski definition) is 11. The number of nitrogens with one attached hydrogen (secondary N) is 2. The van der Waals surface area contributed by atoms with Crippen LogP contribution in [0.2, 0.25) is 0 Å². The van der Waals surface area contributed by atoms with Gasteiger partial charge in [0.1, 0.15) is 24.5 Å². The fourth-order valence-corrected chi connectivity index (χ4v) is 7.14. The molecule has 0 radical (unpaired) electrons. The van der Waals surface area contributed by atoms with Gasteiger partial charge >= 0.3 is 0 Å². The first kappa shape index (κ1) is 35.4. The molecule has 0 saturated heterocycles. The van der Waals surface area contributed by atoms with Crippen LogP contribution >= 0.6 is 37.7 Å². The number of rotatable bonds is 17. The van der Waals surface area contributed by atoms with Crippen molar-refractivity contribution in [1.82, 2.24) is 10.2 Å². The van der Waals surface area contributed by atoms with Crippen molar-refractivity contribution in [3.8, 4) is 11.1 Å². The molecule has 244 valence electrons. The molecule has 3 aliphatic rings. The van der Waals surface area contributed by atoms with Gasteiger partial charge in [-0.25, -0.2) is 4.28 Å². The molecular formula is C32H48N4O5S3. The first-order chi connectivity index (χ1) is 21.2. The van der Waals surface area contributed by atoms with Gasteiger partial charge in [-0.05, 0) is 73.0 Å². The number of ether oxygens (including phenoxy) is 2. The number of aliphatic hydroxyl groups excluding tert-OH is 1. The second-order valence-corrected chi connectivity index (χ2v) is 13.1. The van der Waals surface area contributed by atoms with Crippen molar-refractivity contribution in [2.45, 2.75) is 81.2 Å². The van der Waals surface area contributed by atoms with E-state index in [0.717, 1.165) is 33.7 Å². The van der Waals surface area contributed by atoms with Crippen molar-refractivity contribution in [3.63, 3.8) is 0 Å². The highest BCUT2D eigenvalue weighted by Crippen LogP contribution is 2.41. The van der Waals surface area contributed by atoms with Gasteiger partial charge in [-0.1, -0.05) is 55.8 Å². The standard InChI is InChI=1S/C32H46N4O5S2.H2S/c1-36(43-41-33-24-8-4-2-5-9-24)26-12-14-28-29-15-13-27(42-35-25-10-6-3-7-11-25)23-31(29)32(30(28)22-26)34-40-21-20-39-19-18-38-17-16-37;/h12-15,22-25,33,35,37H,2-11,16-21H2,1H3;1H2/b34-32+;. The largest absolute Gasteiger partial charge is 0.394 e. The van der Waals surface area contributed by atoms with E-state index in [9.17, 15) is 0 Å². The van der Waals surface area contributed by atoms with E-state index in [2.05, 4.69) is 51.8 Å². The number of hydroxylamine groups is 1. The molecule has 12 heteroatoms. The molecule has 2 aromatic rings. The van der Waals surface area contributed by atoms with Crippen molar-refractivity contribution in [3.05, 3.63) is 47.5 Å². The highest BCUT2D eigenvalue weighted by Gasteiger charge is 2.27. The molecule has 0 spiro atoms. The molecule has 0 atom stereocenters. The zero-order valence-corrected chi connectivity index (χ0v) is 28.4. The zero-order valence-electron chi connectivity index (χ0n) is 25.7. The summed E-state index contributed by atoms with van der Waals surface area (Å²) < 4.78 is 22.4. The van der Waals surface area contributed by atoms with Gasteiger partial charge in [-0.15, -0.1) is 0 Å². The number of anilines is 1. The summed E-state index contributed by atoms with van der Waals surface area (Å²) in [5, 5.41) is 13.4. The highest BCUT2D eigenvalue weighted by molar-refractivity contribution is 7.97. The Bertz CT molecular complexity index is 1180. The third kappa shape index (κ3) is 10.3. The van der Waals surface area contributed by atoms with Crippen molar-refractivity contribution in [2.75, 3.05) is 51.0 Å². The van der Waals surface area contributed by atoms with Crippen LogP contribution in [-0.2, 0) is 18.6 Å². The molecule has 2 aromatic carbocycles. The summed E-state index contributed by atoms with van der Waals surface area (Å²) in [4.78, 5) is 6.96. The molecule has 0 bridgehead atoms. The van der Waals surface area contributed by atoms with Crippen molar-refractivity contribution >= 4 is 49.1 Å². The molecule has 2 saturated carbocycles. The Balaban J connectivity index is 0.00000442. The Morgan fingerprint density at radius 1 is 0.795 bits per heavy atom. The topological polar surface area (TPSA) is 96.8 Å². The number of aliphatic hydroxyl groups is 1. The molecule has 0 aliphatic heterocycles. The van der Waals surface area contributed by atoms with Gasteiger partial charge in [0.2, 0.25) is 0 Å². The minimum Gasteiger partial charge on any atom is -0.394 e. The summed E-state index contributed by atoms with van der Waals surface area (Å²) in [6.45, 7) is 1.97. The average molecular weight is 665 g/mol. The molecule has 3 N–H and O–H groups in total. The van der Waals surface area contributed by atoms with E-state index in [4.69, 9.17) is 23.7 Å². The summed E-state index contributed by atoms with van der Waals surface area (Å²) in [6.07, 6.45) is 12.6. The molecule has 0 heterocycles. The highest BCUT2D eigenvalue weighted by atomic mass is 32.2. The molecule has 44 heavy (non-hydrogen) atoms. The number of benzene rings is 2. The summed E-state index contributed by atoms with van der Waals surface area (Å²) in [7, 11) is 2.01. The molecule has 0 amide bonds. The zero-order chi connectivity index (χ0) is 29.7. The summed E-state index contributed by atoms with van der Waals surface area (Å²) >= 11 is 3.03. The molecule has 3 aliphatic carbocycles. The van der Waals surface area contributed by atoms with Crippen molar-refractivity contribution in [2.24, 2.45) is 5.16 Å². The Morgan fingerprint density at radius 2 is 1.43 bits per heavy atom. The second-order valence-electron chi connectivity index (χ2n) is 11.3. The number of fused-ring (bicyclic) bond motifs is 3. The summed E-state index contributed by atoms with van der Waals surface area (Å²) in [5.41, 5.74) is 9.52. The van der Waals surface area contributed by atoms with Crippen molar-refractivity contribution < 1.29 is 23.7 Å². The van der Waals surface area contributed by atoms with Gasteiger partial charge < -0.3 is 19.4 Å². The van der Waals surface area contributed by atoms with E-state index in [-0.39, 0.29) is 20.1 Å². The van der Waals surface area contributed by atoms with Crippen LogP contribution in [0.3, 0.4) is 0 Å². The van der Waals surface area contributed by atoms with Gasteiger partial charge in [0.25, 0.3) is 0 Å². The van der Waals surface area contributed by atoms with Crippen LogP contribution in [0.25, 0.3) is 11.1 Å². The molecule has 0 aromatic heterocycles. The molecule has 5 rings (SSSR count). The average Bonchev–Trinajstić information content (AvgIpc) is 3.36. The second kappa shape index (κ2) is 19.2. The van der Waals surface area contributed by atoms with Gasteiger partial charge in [0.05, 0.1) is 33.0 Å². The van der Waals surface area contributed by atoms with Crippen LogP contribution in [0, 0.1) is 0 Å². The van der Waals surface area contributed by atoms with Crippen LogP contribution in [0.5, 0.6) is 0 Å². The Kier molecular flexibility index (Phi) is 15.5. The van der Waals surface area contributed by atoms with Crippen LogP contribution in [0.4, 0.5) is 5.69 Å².